The summed E-state index contributed by atoms with van der Waals surface area (Å²) in [4.78, 5) is 7.93. The first-order valence-electron chi connectivity index (χ1n) is 5.06. The number of nitrogens with one attached hydrogen (secondary N) is 1. The summed E-state index contributed by atoms with van der Waals surface area (Å²) in [5.74, 6) is 0.771. The molecule has 3 aliphatic rings. The zero-order chi connectivity index (χ0) is 7.97. The molecule has 3 rings (SSSR count). The molecule has 3 nitrogen and oxygen atoms in total. The summed E-state index contributed by atoms with van der Waals surface area (Å²) in [6.07, 6.45) is 4.18. The van der Waals surface area contributed by atoms with Crippen LogP contribution in [-0.2, 0) is 4.84 Å². The van der Waals surface area contributed by atoms with Crippen LogP contribution in [0, 0.1) is 5.92 Å². The smallest absolute Gasteiger partial charge is 0.0739 e. The van der Waals surface area contributed by atoms with Crippen molar-refractivity contribution in [3.8, 4) is 0 Å². The van der Waals surface area contributed by atoms with E-state index >= 15 is 0 Å². The van der Waals surface area contributed by atoms with Gasteiger partial charge in [0.15, 0.2) is 0 Å². The van der Waals surface area contributed by atoms with E-state index in [1.165, 1.54) is 32.4 Å². The third-order valence-electron chi connectivity index (χ3n) is 3.57. The number of fused-ring (bicyclic) bond motifs is 3. The highest BCUT2D eigenvalue weighted by Gasteiger charge is 2.45. The van der Waals surface area contributed by atoms with Crippen LogP contribution in [0.25, 0.3) is 0 Å². The number of hydroxylamine groups is 1. The Kier molecular flexibility index (Phi) is 1.63. The van der Waals surface area contributed by atoms with Gasteiger partial charge in [0.2, 0.25) is 0 Å². The van der Waals surface area contributed by atoms with Crippen LogP contribution in [0.2, 0.25) is 0 Å². The van der Waals surface area contributed by atoms with Crippen LogP contribution < -0.4 is 5.48 Å². The van der Waals surface area contributed by atoms with Crippen LogP contribution in [0.15, 0.2) is 0 Å². The number of rotatable bonds is 0. The topological polar surface area (TPSA) is 24.5 Å². The van der Waals surface area contributed by atoms with Crippen LogP contribution in [0.5, 0.6) is 0 Å². The van der Waals surface area contributed by atoms with E-state index in [1.54, 1.807) is 0 Å². The van der Waals surface area contributed by atoms with Gasteiger partial charge >= 0.3 is 0 Å². The summed E-state index contributed by atoms with van der Waals surface area (Å²) >= 11 is 0. The maximum absolute atomic E-state index is 5.28. The molecule has 0 saturated carbocycles. The van der Waals surface area contributed by atoms with Crippen molar-refractivity contribution in [1.29, 1.82) is 0 Å². The number of piperidine rings is 1. The summed E-state index contributed by atoms with van der Waals surface area (Å²) < 4.78 is 0. The molecule has 0 aliphatic carbocycles. The summed E-state index contributed by atoms with van der Waals surface area (Å²) in [5, 5.41) is 0. The number of nitrogens with zero attached hydrogens (tertiary/aromatic N) is 1. The first-order chi connectivity index (χ1) is 5.95. The standard InChI is InChI=1S/C9H16N2O/c1-2-4-11-5-7-6-12-10-9(7)8(11)3-1/h7-10H,1-6H2/t7-,8-,9+/m0/s1. The Bertz CT molecular complexity index is 185. The summed E-state index contributed by atoms with van der Waals surface area (Å²) in [6.45, 7) is 3.51. The lowest BCUT2D eigenvalue weighted by atomic mass is 9.96. The molecule has 0 spiro atoms. The molecular formula is C9H16N2O. The fraction of sp³-hybridized carbons (Fsp3) is 1.00. The van der Waals surface area contributed by atoms with Gasteiger partial charge in [-0.05, 0) is 19.4 Å². The lowest BCUT2D eigenvalue weighted by Crippen LogP contribution is -2.43. The lowest BCUT2D eigenvalue weighted by molar-refractivity contribution is 0.0493. The van der Waals surface area contributed by atoms with Crippen molar-refractivity contribution in [3.63, 3.8) is 0 Å². The lowest BCUT2D eigenvalue weighted by Gasteiger charge is -2.31. The van der Waals surface area contributed by atoms with Crippen molar-refractivity contribution in [3.05, 3.63) is 0 Å². The zero-order valence-electron chi connectivity index (χ0n) is 7.33. The molecule has 3 aliphatic heterocycles. The van der Waals surface area contributed by atoms with Crippen molar-refractivity contribution in [2.24, 2.45) is 5.92 Å². The Morgan fingerprint density at radius 3 is 3.33 bits per heavy atom. The van der Waals surface area contributed by atoms with E-state index in [4.69, 9.17) is 4.84 Å². The van der Waals surface area contributed by atoms with Crippen LogP contribution in [0.3, 0.4) is 0 Å². The van der Waals surface area contributed by atoms with Crippen molar-refractivity contribution >= 4 is 0 Å². The van der Waals surface area contributed by atoms with Crippen molar-refractivity contribution in [2.45, 2.75) is 31.3 Å². The first-order valence-corrected chi connectivity index (χ1v) is 5.06. The van der Waals surface area contributed by atoms with Gasteiger partial charge in [-0.2, -0.15) is 5.48 Å². The van der Waals surface area contributed by atoms with Gasteiger partial charge in [0.25, 0.3) is 0 Å². The SMILES string of the molecule is C1CCN2C[C@H]3CON[C@H]3[C@@H]2C1. The van der Waals surface area contributed by atoms with E-state index in [2.05, 4.69) is 10.4 Å². The molecule has 0 aromatic carbocycles. The largest absolute Gasteiger partial charge is 0.301 e. The predicted octanol–water partition coefficient (Wildman–Crippen LogP) is 0.374. The molecule has 3 fully saturated rings. The molecule has 0 amide bonds. The van der Waals surface area contributed by atoms with Gasteiger partial charge in [0.1, 0.15) is 0 Å². The third-order valence-corrected chi connectivity index (χ3v) is 3.57. The van der Waals surface area contributed by atoms with E-state index < -0.39 is 0 Å². The maximum Gasteiger partial charge on any atom is 0.0739 e. The van der Waals surface area contributed by atoms with E-state index in [0.717, 1.165) is 18.6 Å². The monoisotopic (exact) mass is 168 g/mol. The molecule has 0 radical (unpaired) electrons. The van der Waals surface area contributed by atoms with E-state index in [9.17, 15) is 0 Å². The van der Waals surface area contributed by atoms with E-state index in [0.29, 0.717) is 6.04 Å². The highest BCUT2D eigenvalue weighted by molar-refractivity contribution is 4.99. The average Bonchev–Trinajstić information content (AvgIpc) is 2.62. The molecule has 12 heavy (non-hydrogen) atoms. The molecule has 3 heteroatoms. The van der Waals surface area contributed by atoms with Gasteiger partial charge in [-0.3, -0.25) is 4.90 Å². The Morgan fingerprint density at radius 2 is 2.33 bits per heavy atom. The second kappa shape index (κ2) is 2.69. The minimum atomic E-state index is 0.644. The fourth-order valence-corrected chi connectivity index (χ4v) is 2.96. The molecule has 0 bridgehead atoms. The second-order valence-corrected chi connectivity index (χ2v) is 4.27. The minimum absolute atomic E-state index is 0.644. The van der Waals surface area contributed by atoms with Crippen molar-refractivity contribution < 1.29 is 4.84 Å². The molecule has 3 saturated heterocycles. The highest BCUT2D eigenvalue weighted by atomic mass is 16.7. The van der Waals surface area contributed by atoms with Crippen molar-refractivity contribution in [1.82, 2.24) is 10.4 Å². The Labute approximate surface area is 73.0 Å². The summed E-state index contributed by atoms with van der Waals surface area (Å²) in [7, 11) is 0. The average molecular weight is 168 g/mol. The summed E-state index contributed by atoms with van der Waals surface area (Å²) in [6, 6.07) is 1.43. The van der Waals surface area contributed by atoms with Gasteiger partial charge in [0.05, 0.1) is 12.6 Å². The molecular weight excluding hydrogens is 152 g/mol. The molecule has 68 valence electrons. The third kappa shape index (κ3) is 0.934. The number of hydrogen-bond acceptors (Lipinski definition) is 3. The zero-order valence-corrected chi connectivity index (χ0v) is 7.33. The maximum atomic E-state index is 5.28. The quantitative estimate of drug-likeness (QED) is 0.565. The molecule has 3 heterocycles. The van der Waals surface area contributed by atoms with E-state index in [1.807, 2.05) is 0 Å². The van der Waals surface area contributed by atoms with Gasteiger partial charge in [-0.15, -0.1) is 0 Å². The Balaban J connectivity index is 1.79. The Morgan fingerprint density at radius 1 is 1.33 bits per heavy atom. The van der Waals surface area contributed by atoms with Gasteiger partial charge in [-0.1, -0.05) is 6.42 Å². The molecule has 1 N–H and O–H groups in total. The minimum Gasteiger partial charge on any atom is -0.301 e. The highest BCUT2D eigenvalue weighted by Crippen LogP contribution is 2.33. The van der Waals surface area contributed by atoms with Gasteiger partial charge in [0, 0.05) is 18.5 Å². The predicted molar refractivity (Wildman–Crippen MR) is 45.6 cm³/mol. The van der Waals surface area contributed by atoms with Crippen LogP contribution in [0.4, 0.5) is 0 Å². The fourth-order valence-electron chi connectivity index (χ4n) is 2.96. The van der Waals surface area contributed by atoms with Gasteiger partial charge < -0.3 is 4.84 Å². The molecule has 0 aromatic heterocycles. The normalized spacial score (nSPS) is 47.5. The van der Waals surface area contributed by atoms with Crippen LogP contribution in [-0.4, -0.2) is 36.7 Å². The number of hydrogen-bond donors (Lipinski definition) is 1. The Hall–Kier alpha value is -0.120. The molecule has 3 atom stereocenters. The molecule has 0 unspecified atom stereocenters. The first kappa shape index (κ1) is 7.30. The van der Waals surface area contributed by atoms with Crippen molar-refractivity contribution in [2.75, 3.05) is 19.7 Å². The molecule has 0 aromatic rings. The van der Waals surface area contributed by atoms with Crippen LogP contribution >= 0.6 is 0 Å². The van der Waals surface area contributed by atoms with Crippen LogP contribution in [0.1, 0.15) is 19.3 Å². The second-order valence-electron chi connectivity index (χ2n) is 4.27. The van der Waals surface area contributed by atoms with Gasteiger partial charge in [-0.25, -0.2) is 0 Å². The summed E-state index contributed by atoms with van der Waals surface area (Å²) in [5.41, 5.74) is 3.18. The van der Waals surface area contributed by atoms with E-state index in [-0.39, 0.29) is 0 Å².